The van der Waals surface area contributed by atoms with E-state index in [0.29, 0.717) is 34.0 Å². The molecule has 1 aliphatic heterocycles. The van der Waals surface area contributed by atoms with Crippen molar-refractivity contribution in [3.63, 3.8) is 0 Å². The Bertz CT molecular complexity index is 1370. The van der Waals surface area contributed by atoms with Crippen LogP contribution >= 0.6 is 11.6 Å². The van der Waals surface area contributed by atoms with Crippen LogP contribution in [-0.2, 0) is 11.3 Å². The zero-order valence-corrected chi connectivity index (χ0v) is 19.2. The lowest BCUT2D eigenvalue weighted by Crippen LogP contribution is -2.39. The molecular weight excluding hydrogens is 454 g/mol. The first-order valence-electron chi connectivity index (χ1n) is 11.0. The summed E-state index contributed by atoms with van der Waals surface area (Å²) in [7, 11) is 0. The van der Waals surface area contributed by atoms with Gasteiger partial charge in [-0.15, -0.1) is 0 Å². The van der Waals surface area contributed by atoms with Gasteiger partial charge in [-0.1, -0.05) is 17.7 Å². The zero-order valence-electron chi connectivity index (χ0n) is 18.4. The number of morpholine rings is 1. The summed E-state index contributed by atoms with van der Waals surface area (Å²) in [6, 6.07) is 11.1. The van der Waals surface area contributed by atoms with E-state index in [1.165, 1.54) is 0 Å². The van der Waals surface area contributed by atoms with E-state index < -0.39 is 0 Å². The van der Waals surface area contributed by atoms with Crippen LogP contribution in [0.5, 0.6) is 0 Å². The molecule has 3 aromatic heterocycles. The number of halogens is 1. The summed E-state index contributed by atoms with van der Waals surface area (Å²) < 4.78 is 7.15. The van der Waals surface area contributed by atoms with E-state index in [1.807, 2.05) is 30.5 Å². The Hall–Kier alpha value is -3.53. The van der Waals surface area contributed by atoms with E-state index in [0.717, 1.165) is 43.9 Å². The van der Waals surface area contributed by atoms with E-state index in [-0.39, 0.29) is 11.5 Å². The predicted molar refractivity (Wildman–Crippen MR) is 133 cm³/mol. The van der Waals surface area contributed by atoms with Crippen LogP contribution in [0.15, 0.2) is 59.8 Å². The molecule has 5 rings (SSSR count). The number of anilines is 3. The van der Waals surface area contributed by atoms with Crippen LogP contribution in [0.3, 0.4) is 0 Å². The highest BCUT2D eigenvalue weighted by atomic mass is 35.5. The van der Waals surface area contributed by atoms with Crippen molar-refractivity contribution in [3.8, 4) is 11.3 Å². The van der Waals surface area contributed by atoms with Crippen molar-refractivity contribution in [1.82, 2.24) is 24.4 Å². The van der Waals surface area contributed by atoms with E-state index in [4.69, 9.17) is 27.1 Å². The van der Waals surface area contributed by atoms with Gasteiger partial charge in [-0.05, 0) is 35.7 Å². The third kappa shape index (κ3) is 4.86. The Morgan fingerprint density at radius 1 is 1.09 bits per heavy atom. The van der Waals surface area contributed by atoms with Gasteiger partial charge in [0.05, 0.1) is 24.3 Å². The first-order valence-corrected chi connectivity index (χ1v) is 11.4. The standard InChI is InChI=1S/C24H24ClN7O2/c25-18-2-1-3-19(13-18)29-22-21-16(12-20(30-22)17-14-27-24(26)28-15-17)4-5-32(23(21)33)7-6-31-8-10-34-11-9-31/h1-5,12-15H,6-11H2,(H,29,30)(H2,26,27,28). The van der Waals surface area contributed by atoms with Crippen LogP contribution in [0.1, 0.15) is 0 Å². The first-order chi connectivity index (χ1) is 16.6. The normalized spacial score (nSPS) is 14.4. The molecule has 0 atom stereocenters. The van der Waals surface area contributed by atoms with Gasteiger partial charge in [-0.25, -0.2) is 15.0 Å². The second-order valence-corrected chi connectivity index (χ2v) is 8.49. The van der Waals surface area contributed by atoms with Gasteiger partial charge >= 0.3 is 0 Å². The quantitative estimate of drug-likeness (QED) is 0.435. The summed E-state index contributed by atoms with van der Waals surface area (Å²) in [5.74, 6) is 0.627. The number of nitrogens with one attached hydrogen (secondary N) is 1. The number of rotatable bonds is 6. The Kier molecular flexibility index (Phi) is 6.39. The van der Waals surface area contributed by atoms with Crippen LogP contribution in [-0.4, -0.2) is 57.3 Å². The fraction of sp³-hybridized carbons (Fsp3) is 0.250. The second kappa shape index (κ2) is 9.76. The molecule has 0 spiro atoms. The summed E-state index contributed by atoms with van der Waals surface area (Å²) in [6.07, 6.45) is 5.06. The monoisotopic (exact) mass is 477 g/mol. The molecule has 1 aromatic carbocycles. The van der Waals surface area contributed by atoms with Gasteiger partial charge in [0.2, 0.25) is 5.95 Å². The van der Waals surface area contributed by atoms with E-state index in [1.54, 1.807) is 29.1 Å². The third-order valence-electron chi connectivity index (χ3n) is 5.77. The van der Waals surface area contributed by atoms with Crippen LogP contribution in [0.2, 0.25) is 5.02 Å². The average molecular weight is 478 g/mol. The van der Waals surface area contributed by atoms with E-state index in [2.05, 4.69) is 20.2 Å². The van der Waals surface area contributed by atoms with Crippen molar-refractivity contribution in [2.45, 2.75) is 6.54 Å². The minimum absolute atomic E-state index is 0.108. The summed E-state index contributed by atoms with van der Waals surface area (Å²) in [5.41, 5.74) is 7.58. The van der Waals surface area contributed by atoms with Crippen molar-refractivity contribution < 1.29 is 4.74 Å². The largest absolute Gasteiger partial charge is 0.379 e. The van der Waals surface area contributed by atoms with Crippen molar-refractivity contribution >= 4 is 39.8 Å². The number of pyridine rings is 2. The Morgan fingerprint density at radius 3 is 2.65 bits per heavy atom. The molecule has 34 heavy (non-hydrogen) atoms. The lowest BCUT2D eigenvalue weighted by Gasteiger charge is -2.26. The number of fused-ring (bicyclic) bond motifs is 1. The van der Waals surface area contributed by atoms with Gasteiger partial charge in [0.25, 0.3) is 5.56 Å². The molecule has 3 N–H and O–H groups in total. The first kappa shape index (κ1) is 22.3. The second-order valence-electron chi connectivity index (χ2n) is 8.05. The SMILES string of the molecule is Nc1ncc(-c2cc3ccn(CCN4CCOCC4)c(=O)c3c(Nc3cccc(Cl)c3)n2)cn1. The van der Waals surface area contributed by atoms with Crippen molar-refractivity contribution in [2.24, 2.45) is 0 Å². The van der Waals surface area contributed by atoms with Crippen molar-refractivity contribution in [2.75, 3.05) is 43.9 Å². The molecular formula is C24H24ClN7O2. The molecule has 10 heteroatoms. The lowest BCUT2D eigenvalue weighted by molar-refractivity contribution is 0.0363. The number of hydrogen-bond donors (Lipinski definition) is 2. The summed E-state index contributed by atoms with van der Waals surface area (Å²) in [4.78, 5) is 28.7. The average Bonchev–Trinajstić information content (AvgIpc) is 2.84. The molecule has 9 nitrogen and oxygen atoms in total. The molecule has 1 saturated heterocycles. The Balaban J connectivity index is 1.57. The Labute approximate surface area is 201 Å². The molecule has 1 fully saturated rings. The van der Waals surface area contributed by atoms with Crippen LogP contribution < -0.4 is 16.6 Å². The van der Waals surface area contributed by atoms with Gasteiger partial charge in [-0.2, -0.15) is 0 Å². The van der Waals surface area contributed by atoms with Crippen LogP contribution in [0.25, 0.3) is 22.0 Å². The molecule has 0 unspecified atom stereocenters. The highest BCUT2D eigenvalue weighted by Crippen LogP contribution is 2.28. The van der Waals surface area contributed by atoms with E-state index in [9.17, 15) is 4.79 Å². The molecule has 174 valence electrons. The maximum atomic E-state index is 13.5. The fourth-order valence-electron chi connectivity index (χ4n) is 3.96. The number of benzene rings is 1. The van der Waals surface area contributed by atoms with E-state index >= 15 is 0 Å². The molecule has 4 aromatic rings. The molecule has 1 aliphatic rings. The number of nitrogen functional groups attached to an aromatic ring is 1. The fourth-order valence-corrected chi connectivity index (χ4v) is 4.15. The van der Waals surface area contributed by atoms with Gasteiger partial charge in [-0.3, -0.25) is 9.69 Å². The molecule has 0 radical (unpaired) electrons. The highest BCUT2D eigenvalue weighted by molar-refractivity contribution is 6.30. The molecule has 0 amide bonds. The third-order valence-corrected chi connectivity index (χ3v) is 6.01. The molecule has 4 heterocycles. The van der Waals surface area contributed by atoms with Crippen molar-refractivity contribution in [1.29, 1.82) is 0 Å². The summed E-state index contributed by atoms with van der Waals surface area (Å²) in [5, 5.41) is 5.13. The number of hydrogen-bond acceptors (Lipinski definition) is 8. The Morgan fingerprint density at radius 2 is 1.88 bits per heavy atom. The number of nitrogens with zero attached hydrogens (tertiary/aromatic N) is 5. The minimum Gasteiger partial charge on any atom is -0.379 e. The summed E-state index contributed by atoms with van der Waals surface area (Å²) >= 11 is 6.17. The molecule has 0 aliphatic carbocycles. The maximum Gasteiger partial charge on any atom is 0.262 e. The van der Waals surface area contributed by atoms with Gasteiger partial charge in [0.1, 0.15) is 5.82 Å². The predicted octanol–water partition coefficient (Wildman–Crippen LogP) is 3.16. The number of aromatic nitrogens is 4. The zero-order chi connectivity index (χ0) is 23.5. The lowest BCUT2D eigenvalue weighted by atomic mass is 10.1. The topological polar surface area (TPSA) is 111 Å². The minimum atomic E-state index is -0.108. The molecule has 0 bridgehead atoms. The van der Waals surface area contributed by atoms with Crippen molar-refractivity contribution in [3.05, 3.63) is 70.4 Å². The summed E-state index contributed by atoms with van der Waals surface area (Å²) in [6.45, 7) is 4.56. The van der Waals surface area contributed by atoms with Gasteiger partial charge < -0.3 is 20.4 Å². The number of nitrogens with two attached hydrogens (primary N) is 1. The van der Waals surface area contributed by atoms with Gasteiger partial charge in [0.15, 0.2) is 0 Å². The maximum absolute atomic E-state index is 13.5. The highest BCUT2D eigenvalue weighted by Gasteiger charge is 2.15. The van der Waals surface area contributed by atoms with Gasteiger partial charge in [0, 0.05) is 61.0 Å². The van der Waals surface area contributed by atoms with Crippen LogP contribution in [0.4, 0.5) is 17.5 Å². The molecule has 0 saturated carbocycles. The van der Waals surface area contributed by atoms with Crippen LogP contribution in [0, 0.1) is 0 Å². The number of ether oxygens (including phenoxy) is 1. The smallest absolute Gasteiger partial charge is 0.262 e.